The molecule has 0 spiro atoms. The first-order chi connectivity index (χ1) is 9.99. The zero-order valence-electron chi connectivity index (χ0n) is 12.3. The summed E-state index contributed by atoms with van der Waals surface area (Å²) in [6.45, 7) is 1.17. The van der Waals surface area contributed by atoms with Crippen LogP contribution in [0.2, 0.25) is 5.02 Å². The fraction of sp³-hybridized carbons (Fsp3) is 0.467. The summed E-state index contributed by atoms with van der Waals surface area (Å²) in [7, 11) is 3.53. The fourth-order valence-electron chi connectivity index (χ4n) is 2.45. The minimum absolute atomic E-state index is 0.0179. The highest BCUT2D eigenvalue weighted by Crippen LogP contribution is 2.23. The number of halogens is 1. The molecule has 0 radical (unpaired) electrons. The Balaban J connectivity index is 1.89. The first-order valence-corrected chi connectivity index (χ1v) is 7.38. The number of para-hydroxylation sites is 1. The highest BCUT2D eigenvalue weighted by molar-refractivity contribution is 6.33. The number of nitrogens with zero attached hydrogens (tertiary/aromatic N) is 2. The molecule has 6 heteroatoms. The van der Waals surface area contributed by atoms with Crippen molar-refractivity contribution in [1.29, 1.82) is 0 Å². The van der Waals surface area contributed by atoms with Crippen molar-refractivity contribution >= 4 is 29.2 Å². The van der Waals surface area contributed by atoms with E-state index in [4.69, 9.17) is 11.6 Å². The second kappa shape index (κ2) is 6.80. The average molecular weight is 310 g/mol. The van der Waals surface area contributed by atoms with Gasteiger partial charge in [0, 0.05) is 33.1 Å². The molecule has 1 heterocycles. The van der Waals surface area contributed by atoms with Gasteiger partial charge >= 0.3 is 6.03 Å². The molecule has 1 aliphatic heterocycles. The molecule has 5 nitrogen and oxygen atoms in total. The standard InChI is InChI=1S/C15H20ClN3O2/c1-18(2)14(20)11-7-9-19(10-8-11)15(21)17-13-6-4-3-5-12(13)16/h3-6,11H,7-10H2,1-2H3,(H,17,21). The van der Waals surface area contributed by atoms with Crippen LogP contribution in [-0.4, -0.2) is 48.9 Å². The quantitative estimate of drug-likeness (QED) is 0.913. The van der Waals surface area contributed by atoms with Gasteiger partial charge in [-0.3, -0.25) is 4.79 Å². The van der Waals surface area contributed by atoms with Crippen LogP contribution in [0.4, 0.5) is 10.5 Å². The van der Waals surface area contributed by atoms with Crippen molar-refractivity contribution in [3.63, 3.8) is 0 Å². The maximum absolute atomic E-state index is 12.2. The summed E-state index contributed by atoms with van der Waals surface area (Å²) in [5.74, 6) is 0.158. The molecule has 21 heavy (non-hydrogen) atoms. The van der Waals surface area contributed by atoms with Crippen LogP contribution in [0.15, 0.2) is 24.3 Å². The van der Waals surface area contributed by atoms with Gasteiger partial charge in [-0.2, -0.15) is 0 Å². The summed E-state index contributed by atoms with van der Waals surface area (Å²) in [4.78, 5) is 27.4. The topological polar surface area (TPSA) is 52.7 Å². The number of carbonyl (C=O) groups excluding carboxylic acids is 2. The highest BCUT2D eigenvalue weighted by atomic mass is 35.5. The minimum Gasteiger partial charge on any atom is -0.349 e. The molecule has 1 aromatic rings. The second-order valence-corrected chi connectivity index (χ2v) is 5.81. The van der Waals surface area contributed by atoms with E-state index in [1.807, 2.05) is 12.1 Å². The number of anilines is 1. The van der Waals surface area contributed by atoms with Gasteiger partial charge in [0.15, 0.2) is 0 Å². The van der Waals surface area contributed by atoms with Crippen molar-refractivity contribution in [2.75, 3.05) is 32.5 Å². The van der Waals surface area contributed by atoms with Crippen molar-refractivity contribution in [3.05, 3.63) is 29.3 Å². The molecule has 3 amide bonds. The van der Waals surface area contributed by atoms with Crippen molar-refractivity contribution in [2.45, 2.75) is 12.8 Å². The van der Waals surface area contributed by atoms with E-state index in [9.17, 15) is 9.59 Å². The molecule has 114 valence electrons. The fourth-order valence-corrected chi connectivity index (χ4v) is 2.63. The number of carbonyl (C=O) groups is 2. The number of piperidine rings is 1. The molecular formula is C15H20ClN3O2. The Labute approximate surface area is 129 Å². The number of hydrogen-bond donors (Lipinski definition) is 1. The lowest BCUT2D eigenvalue weighted by molar-refractivity contribution is -0.134. The number of nitrogens with one attached hydrogen (secondary N) is 1. The third kappa shape index (κ3) is 3.88. The van der Waals surface area contributed by atoms with E-state index in [0.717, 1.165) is 0 Å². The SMILES string of the molecule is CN(C)C(=O)C1CCN(C(=O)Nc2ccccc2Cl)CC1. The second-order valence-electron chi connectivity index (χ2n) is 5.40. The van der Waals surface area contributed by atoms with E-state index >= 15 is 0 Å². The summed E-state index contributed by atoms with van der Waals surface area (Å²) in [6, 6.07) is 6.97. The molecule has 1 aliphatic rings. The summed E-state index contributed by atoms with van der Waals surface area (Å²) in [5, 5.41) is 3.32. The molecule has 0 aromatic heterocycles. The monoisotopic (exact) mass is 309 g/mol. The van der Waals surface area contributed by atoms with E-state index in [2.05, 4.69) is 5.32 Å². The van der Waals surface area contributed by atoms with Crippen LogP contribution in [0.5, 0.6) is 0 Å². The predicted octanol–water partition coefficient (Wildman–Crippen LogP) is 2.67. The number of rotatable bonds is 2. The Kier molecular flexibility index (Phi) is 5.07. The Bertz CT molecular complexity index is 525. The molecule has 1 aromatic carbocycles. The van der Waals surface area contributed by atoms with Gasteiger partial charge in [-0.25, -0.2) is 4.79 Å². The third-order valence-electron chi connectivity index (χ3n) is 3.69. The number of hydrogen-bond acceptors (Lipinski definition) is 2. The third-order valence-corrected chi connectivity index (χ3v) is 4.02. The lowest BCUT2D eigenvalue weighted by atomic mass is 9.96. The normalized spacial score (nSPS) is 15.7. The molecule has 1 N–H and O–H groups in total. The summed E-state index contributed by atoms with van der Waals surface area (Å²) in [6.07, 6.45) is 1.40. The van der Waals surface area contributed by atoms with E-state index < -0.39 is 0 Å². The maximum atomic E-state index is 12.2. The van der Waals surface area contributed by atoms with E-state index in [1.54, 1.807) is 36.0 Å². The highest BCUT2D eigenvalue weighted by Gasteiger charge is 2.28. The zero-order chi connectivity index (χ0) is 15.4. The molecule has 1 fully saturated rings. The van der Waals surface area contributed by atoms with E-state index in [-0.39, 0.29) is 17.9 Å². The number of likely N-dealkylation sites (tertiary alicyclic amines) is 1. The van der Waals surface area contributed by atoms with Gasteiger partial charge < -0.3 is 15.1 Å². The van der Waals surface area contributed by atoms with Gasteiger partial charge in [-0.05, 0) is 25.0 Å². The smallest absolute Gasteiger partial charge is 0.321 e. The first kappa shape index (κ1) is 15.6. The average Bonchev–Trinajstić information content (AvgIpc) is 2.49. The van der Waals surface area contributed by atoms with Gasteiger partial charge in [0.2, 0.25) is 5.91 Å². The van der Waals surface area contributed by atoms with Crippen molar-refractivity contribution in [1.82, 2.24) is 9.80 Å². The van der Waals surface area contributed by atoms with E-state index in [0.29, 0.717) is 36.6 Å². The Morgan fingerprint density at radius 1 is 1.24 bits per heavy atom. The first-order valence-electron chi connectivity index (χ1n) is 7.00. The van der Waals surface area contributed by atoms with E-state index in [1.165, 1.54) is 0 Å². The van der Waals surface area contributed by atoms with Gasteiger partial charge in [0.05, 0.1) is 10.7 Å². The number of urea groups is 1. The van der Waals surface area contributed by atoms with Crippen LogP contribution in [0.1, 0.15) is 12.8 Å². The minimum atomic E-state index is -0.168. The predicted molar refractivity (Wildman–Crippen MR) is 83.5 cm³/mol. The van der Waals surface area contributed by atoms with Crippen LogP contribution in [0.25, 0.3) is 0 Å². The Morgan fingerprint density at radius 2 is 1.86 bits per heavy atom. The molecule has 0 saturated carbocycles. The lowest BCUT2D eigenvalue weighted by Crippen LogP contribution is -2.44. The number of benzene rings is 1. The summed E-state index contributed by atoms with van der Waals surface area (Å²) < 4.78 is 0. The molecule has 0 aliphatic carbocycles. The zero-order valence-corrected chi connectivity index (χ0v) is 13.1. The van der Waals surface area contributed by atoms with Crippen LogP contribution >= 0.6 is 11.6 Å². The Hall–Kier alpha value is -1.75. The summed E-state index contributed by atoms with van der Waals surface area (Å²) in [5.41, 5.74) is 0.607. The van der Waals surface area contributed by atoms with Gasteiger partial charge in [0.25, 0.3) is 0 Å². The van der Waals surface area contributed by atoms with Crippen molar-refractivity contribution < 1.29 is 9.59 Å². The van der Waals surface area contributed by atoms with Crippen LogP contribution in [0, 0.1) is 5.92 Å². The summed E-state index contributed by atoms with van der Waals surface area (Å²) >= 11 is 6.02. The Morgan fingerprint density at radius 3 is 2.43 bits per heavy atom. The molecule has 0 bridgehead atoms. The van der Waals surface area contributed by atoms with Crippen molar-refractivity contribution in [3.8, 4) is 0 Å². The number of amides is 3. The van der Waals surface area contributed by atoms with Crippen LogP contribution in [0.3, 0.4) is 0 Å². The molecule has 2 rings (SSSR count). The molecule has 0 unspecified atom stereocenters. The van der Waals surface area contributed by atoms with Crippen LogP contribution < -0.4 is 5.32 Å². The lowest BCUT2D eigenvalue weighted by Gasteiger charge is -2.32. The molecule has 0 atom stereocenters. The van der Waals surface area contributed by atoms with Gasteiger partial charge in [-0.15, -0.1) is 0 Å². The van der Waals surface area contributed by atoms with Crippen LogP contribution in [-0.2, 0) is 4.79 Å². The van der Waals surface area contributed by atoms with Gasteiger partial charge in [-0.1, -0.05) is 23.7 Å². The molecular weight excluding hydrogens is 290 g/mol. The molecule has 1 saturated heterocycles. The maximum Gasteiger partial charge on any atom is 0.321 e. The largest absolute Gasteiger partial charge is 0.349 e. The van der Waals surface area contributed by atoms with Gasteiger partial charge in [0.1, 0.15) is 0 Å². The van der Waals surface area contributed by atoms with Crippen molar-refractivity contribution in [2.24, 2.45) is 5.92 Å².